The van der Waals surface area contributed by atoms with E-state index in [1.54, 1.807) is 30.7 Å². The fourth-order valence-electron chi connectivity index (χ4n) is 2.07. The van der Waals surface area contributed by atoms with Crippen molar-refractivity contribution >= 4 is 23.4 Å². The van der Waals surface area contributed by atoms with Gasteiger partial charge in [0.1, 0.15) is 11.6 Å². The number of hydrogen-bond acceptors (Lipinski definition) is 5. The van der Waals surface area contributed by atoms with Gasteiger partial charge in [-0.1, -0.05) is 11.8 Å². The summed E-state index contributed by atoms with van der Waals surface area (Å²) in [4.78, 5) is 12.2. The Kier molecular flexibility index (Phi) is 4.84. The lowest BCUT2D eigenvalue weighted by Crippen LogP contribution is -2.23. The maximum Gasteiger partial charge on any atom is 0.237 e. The van der Waals surface area contributed by atoms with E-state index in [1.165, 1.54) is 12.3 Å². The molecule has 0 radical (unpaired) electrons. The second-order valence-electron chi connectivity index (χ2n) is 5.22. The summed E-state index contributed by atoms with van der Waals surface area (Å²) in [5, 5.41) is 10.5. The molecule has 1 N–H and O–H groups in total. The Hall–Kier alpha value is -2.68. The average molecular weight is 364 g/mol. The first kappa shape index (κ1) is 17.2. The Morgan fingerprint density at radius 3 is 2.80 bits per heavy atom. The van der Waals surface area contributed by atoms with Crippen LogP contribution in [0.2, 0.25) is 0 Å². The summed E-state index contributed by atoms with van der Waals surface area (Å²) in [6.07, 6.45) is 1.53. The first-order chi connectivity index (χ1) is 12.0. The zero-order chi connectivity index (χ0) is 18.0. The minimum Gasteiger partial charge on any atom is -0.461 e. The highest BCUT2D eigenvalue weighted by molar-refractivity contribution is 8.00. The quantitative estimate of drug-likeness (QED) is 0.702. The molecule has 25 heavy (non-hydrogen) atoms. The van der Waals surface area contributed by atoms with Crippen molar-refractivity contribution in [2.75, 3.05) is 5.32 Å². The van der Waals surface area contributed by atoms with Crippen molar-refractivity contribution in [1.29, 1.82) is 0 Å². The SMILES string of the molecule is C[C@@H](Sc1nnc(-c2ccco2)n1C)C(=O)Nc1ccc(F)cc1F. The van der Waals surface area contributed by atoms with E-state index >= 15 is 0 Å². The number of furan rings is 1. The Balaban J connectivity index is 1.69. The predicted molar refractivity (Wildman–Crippen MR) is 89.0 cm³/mol. The van der Waals surface area contributed by atoms with Crippen LogP contribution in [0, 0.1) is 11.6 Å². The number of hydrogen-bond donors (Lipinski definition) is 1. The van der Waals surface area contributed by atoms with Gasteiger partial charge in [-0.25, -0.2) is 8.78 Å². The van der Waals surface area contributed by atoms with Crippen LogP contribution in [0.5, 0.6) is 0 Å². The molecule has 0 aliphatic rings. The van der Waals surface area contributed by atoms with E-state index < -0.39 is 22.8 Å². The molecule has 0 bridgehead atoms. The van der Waals surface area contributed by atoms with E-state index in [9.17, 15) is 13.6 Å². The number of thioether (sulfide) groups is 1. The number of carbonyl (C=O) groups excluding carboxylic acids is 1. The Labute approximate surface area is 146 Å². The number of halogens is 2. The number of amides is 1. The molecule has 0 unspecified atom stereocenters. The summed E-state index contributed by atoms with van der Waals surface area (Å²) < 4.78 is 33.5. The zero-order valence-corrected chi connectivity index (χ0v) is 14.2. The number of nitrogens with zero attached hydrogens (tertiary/aromatic N) is 3. The van der Waals surface area contributed by atoms with Crippen LogP contribution >= 0.6 is 11.8 Å². The largest absolute Gasteiger partial charge is 0.461 e. The van der Waals surface area contributed by atoms with Crippen molar-refractivity contribution < 1.29 is 18.0 Å². The standard InChI is InChI=1S/C16H14F2N4O2S/c1-9(15(23)19-12-6-5-10(17)8-11(12)18)25-16-21-20-14(22(16)2)13-4-3-7-24-13/h3-9H,1-2H3,(H,19,23)/t9-/m1/s1. The molecule has 0 aliphatic carbocycles. The highest BCUT2D eigenvalue weighted by Crippen LogP contribution is 2.26. The van der Waals surface area contributed by atoms with Crippen molar-refractivity contribution in [2.24, 2.45) is 7.05 Å². The summed E-state index contributed by atoms with van der Waals surface area (Å²) >= 11 is 1.16. The number of aromatic nitrogens is 3. The fraction of sp³-hybridized carbons (Fsp3) is 0.188. The first-order valence-corrected chi connectivity index (χ1v) is 8.19. The van der Waals surface area contributed by atoms with Crippen LogP contribution in [0.15, 0.2) is 46.2 Å². The second-order valence-corrected chi connectivity index (χ2v) is 6.52. The molecule has 2 aromatic heterocycles. The van der Waals surface area contributed by atoms with E-state index in [-0.39, 0.29) is 5.69 Å². The zero-order valence-electron chi connectivity index (χ0n) is 13.4. The average Bonchev–Trinajstić information content (AvgIpc) is 3.20. The number of carbonyl (C=O) groups is 1. The van der Waals surface area contributed by atoms with Crippen LogP contribution < -0.4 is 5.32 Å². The van der Waals surface area contributed by atoms with Crippen LogP contribution in [-0.2, 0) is 11.8 Å². The summed E-state index contributed by atoms with van der Waals surface area (Å²) in [6, 6.07) is 6.47. The number of nitrogens with one attached hydrogen (secondary N) is 1. The maximum absolute atomic E-state index is 13.6. The van der Waals surface area contributed by atoms with E-state index in [0.717, 1.165) is 17.8 Å². The normalized spacial score (nSPS) is 12.2. The van der Waals surface area contributed by atoms with Gasteiger partial charge in [-0.15, -0.1) is 10.2 Å². The van der Waals surface area contributed by atoms with E-state index in [4.69, 9.17) is 4.42 Å². The van der Waals surface area contributed by atoms with Gasteiger partial charge < -0.3 is 14.3 Å². The molecule has 0 fully saturated rings. The summed E-state index contributed by atoms with van der Waals surface area (Å²) in [5.41, 5.74) is -0.0758. The second kappa shape index (κ2) is 7.06. The molecule has 1 amide bonds. The van der Waals surface area contributed by atoms with Gasteiger partial charge in [-0.2, -0.15) is 0 Å². The highest BCUT2D eigenvalue weighted by atomic mass is 32.2. The predicted octanol–water partition coefficient (Wildman–Crippen LogP) is 3.47. The van der Waals surface area contributed by atoms with Crippen molar-refractivity contribution in [2.45, 2.75) is 17.3 Å². The van der Waals surface area contributed by atoms with Gasteiger partial charge in [0.25, 0.3) is 0 Å². The lowest BCUT2D eigenvalue weighted by atomic mass is 10.3. The van der Waals surface area contributed by atoms with Crippen molar-refractivity contribution in [3.63, 3.8) is 0 Å². The molecular formula is C16H14F2N4O2S. The third-order valence-corrected chi connectivity index (χ3v) is 4.55. The van der Waals surface area contributed by atoms with Crippen molar-refractivity contribution in [3.8, 4) is 11.6 Å². The van der Waals surface area contributed by atoms with E-state index in [2.05, 4.69) is 15.5 Å². The van der Waals surface area contributed by atoms with Gasteiger partial charge in [0.05, 0.1) is 17.2 Å². The van der Waals surface area contributed by atoms with Crippen LogP contribution in [0.3, 0.4) is 0 Å². The molecule has 0 spiro atoms. The number of rotatable bonds is 5. The van der Waals surface area contributed by atoms with Crippen LogP contribution in [0.1, 0.15) is 6.92 Å². The molecule has 2 heterocycles. The first-order valence-electron chi connectivity index (χ1n) is 7.31. The molecule has 6 nitrogen and oxygen atoms in total. The summed E-state index contributed by atoms with van der Waals surface area (Å²) in [7, 11) is 1.75. The van der Waals surface area contributed by atoms with Crippen molar-refractivity contribution in [1.82, 2.24) is 14.8 Å². The number of benzene rings is 1. The lowest BCUT2D eigenvalue weighted by Gasteiger charge is -2.12. The van der Waals surface area contributed by atoms with Gasteiger partial charge >= 0.3 is 0 Å². The molecule has 130 valence electrons. The minimum atomic E-state index is -0.829. The molecule has 3 aromatic rings. The van der Waals surface area contributed by atoms with E-state index in [0.29, 0.717) is 22.8 Å². The summed E-state index contributed by atoms with van der Waals surface area (Å²) in [6.45, 7) is 1.66. The Morgan fingerprint density at radius 2 is 2.12 bits per heavy atom. The molecule has 9 heteroatoms. The number of anilines is 1. The Bertz CT molecular complexity index is 896. The van der Waals surface area contributed by atoms with Gasteiger partial charge in [0, 0.05) is 13.1 Å². The Morgan fingerprint density at radius 1 is 1.32 bits per heavy atom. The third kappa shape index (κ3) is 3.71. The molecule has 0 aliphatic heterocycles. The van der Waals surface area contributed by atoms with Crippen LogP contribution in [-0.4, -0.2) is 25.9 Å². The minimum absolute atomic E-state index is 0.0758. The smallest absolute Gasteiger partial charge is 0.237 e. The highest BCUT2D eigenvalue weighted by Gasteiger charge is 2.21. The fourth-order valence-corrected chi connectivity index (χ4v) is 2.89. The molecule has 3 rings (SSSR count). The maximum atomic E-state index is 13.6. The van der Waals surface area contributed by atoms with Crippen LogP contribution in [0.25, 0.3) is 11.6 Å². The van der Waals surface area contributed by atoms with Gasteiger partial charge in [0.2, 0.25) is 5.91 Å². The third-order valence-electron chi connectivity index (χ3n) is 3.42. The van der Waals surface area contributed by atoms with E-state index in [1.807, 2.05) is 0 Å². The van der Waals surface area contributed by atoms with Crippen molar-refractivity contribution in [3.05, 3.63) is 48.2 Å². The lowest BCUT2D eigenvalue weighted by molar-refractivity contribution is -0.115. The molecule has 0 saturated heterocycles. The van der Waals surface area contributed by atoms with Gasteiger partial charge in [-0.3, -0.25) is 4.79 Å². The van der Waals surface area contributed by atoms with Gasteiger partial charge in [-0.05, 0) is 31.2 Å². The summed E-state index contributed by atoms with van der Waals surface area (Å²) in [5.74, 6) is -0.873. The van der Waals surface area contributed by atoms with Gasteiger partial charge in [0.15, 0.2) is 16.7 Å². The van der Waals surface area contributed by atoms with Crippen LogP contribution in [0.4, 0.5) is 14.5 Å². The molecule has 0 saturated carbocycles. The molecule has 1 atom stereocenters. The monoisotopic (exact) mass is 364 g/mol. The topological polar surface area (TPSA) is 73.0 Å². The molecule has 1 aromatic carbocycles. The molecular weight excluding hydrogens is 350 g/mol.